The van der Waals surface area contributed by atoms with Crippen LogP contribution in [0.3, 0.4) is 0 Å². The van der Waals surface area contributed by atoms with Crippen LogP contribution in [-0.2, 0) is 11.3 Å². The Labute approximate surface area is 128 Å². The Morgan fingerprint density at radius 3 is 2.62 bits per heavy atom. The number of nitrogens with zero attached hydrogens (tertiary/aromatic N) is 1. The number of hydrogen-bond acceptors (Lipinski definition) is 3. The summed E-state index contributed by atoms with van der Waals surface area (Å²) in [7, 11) is 0. The van der Waals surface area contributed by atoms with Crippen LogP contribution in [0.25, 0.3) is 0 Å². The highest BCUT2D eigenvalue weighted by Crippen LogP contribution is 2.12. The average molecular weight is 291 g/mol. The fraction of sp³-hybridized carbons (Fsp3) is 0.588. The molecule has 1 aromatic carbocycles. The van der Waals surface area contributed by atoms with E-state index in [0.717, 1.165) is 37.2 Å². The van der Waals surface area contributed by atoms with Crippen LogP contribution in [-0.4, -0.2) is 29.4 Å². The monoisotopic (exact) mass is 291 g/mol. The predicted molar refractivity (Wildman–Crippen MR) is 88.9 cm³/mol. The molecule has 3 N–H and O–H groups in total. The van der Waals surface area contributed by atoms with Crippen molar-refractivity contribution in [3.8, 4) is 0 Å². The van der Waals surface area contributed by atoms with E-state index in [1.165, 1.54) is 0 Å². The Kier molecular flexibility index (Phi) is 7.23. The summed E-state index contributed by atoms with van der Waals surface area (Å²) in [6, 6.07) is 7.93. The van der Waals surface area contributed by atoms with Gasteiger partial charge in [-0.25, -0.2) is 0 Å². The smallest absolute Gasteiger partial charge is 0.237 e. The molecule has 0 fully saturated rings. The summed E-state index contributed by atoms with van der Waals surface area (Å²) in [6.45, 7) is 9.78. The molecule has 0 bridgehead atoms. The lowest BCUT2D eigenvalue weighted by atomic mass is 10.1. The molecule has 2 unspecified atom stereocenters. The molecule has 2 atom stereocenters. The molecular formula is C17H29N3O. The molecule has 21 heavy (non-hydrogen) atoms. The molecule has 0 aromatic heterocycles. The number of likely N-dealkylation sites (N-methyl/N-ethyl adjacent to an activating group) is 1. The maximum atomic E-state index is 12.3. The fourth-order valence-electron chi connectivity index (χ4n) is 2.48. The molecular weight excluding hydrogens is 262 g/mol. The van der Waals surface area contributed by atoms with E-state index < -0.39 is 0 Å². The van der Waals surface area contributed by atoms with Gasteiger partial charge < -0.3 is 11.1 Å². The normalized spacial score (nSPS) is 14.0. The van der Waals surface area contributed by atoms with Crippen LogP contribution in [0, 0.1) is 0 Å². The van der Waals surface area contributed by atoms with Gasteiger partial charge in [0.2, 0.25) is 5.91 Å². The van der Waals surface area contributed by atoms with Crippen LogP contribution in [0.4, 0.5) is 5.69 Å². The number of anilines is 1. The van der Waals surface area contributed by atoms with Gasteiger partial charge in [0.05, 0.1) is 6.04 Å². The summed E-state index contributed by atoms with van der Waals surface area (Å²) < 4.78 is 0. The van der Waals surface area contributed by atoms with E-state index in [1.807, 2.05) is 31.2 Å². The Morgan fingerprint density at radius 1 is 1.33 bits per heavy atom. The molecule has 118 valence electrons. The van der Waals surface area contributed by atoms with Crippen molar-refractivity contribution >= 4 is 11.6 Å². The Hall–Kier alpha value is -1.55. The van der Waals surface area contributed by atoms with Gasteiger partial charge in [-0.3, -0.25) is 9.69 Å². The Balaban J connectivity index is 2.64. The highest BCUT2D eigenvalue weighted by atomic mass is 16.2. The number of amides is 1. The van der Waals surface area contributed by atoms with Crippen molar-refractivity contribution in [1.29, 1.82) is 0 Å². The van der Waals surface area contributed by atoms with E-state index >= 15 is 0 Å². The van der Waals surface area contributed by atoms with Gasteiger partial charge in [0, 0.05) is 18.3 Å². The van der Waals surface area contributed by atoms with Crippen LogP contribution in [0.15, 0.2) is 24.3 Å². The van der Waals surface area contributed by atoms with E-state index in [2.05, 4.69) is 31.0 Å². The number of carbonyl (C=O) groups is 1. The molecule has 0 aliphatic rings. The zero-order valence-electron chi connectivity index (χ0n) is 13.7. The van der Waals surface area contributed by atoms with Crippen molar-refractivity contribution in [2.24, 2.45) is 0 Å². The number of nitrogen functional groups attached to an aromatic ring is 1. The first-order valence-corrected chi connectivity index (χ1v) is 7.86. The third-order valence-corrected chi connectivity index (χ3v) is 3.78. The van der Waals surface area contributed by atoms with E-state index in [0.29, 0.717) is 0 Å². The number of benzene rings is 1. The summed E-state index contributed by atoms with van der Waals surface area (Å²) in [5, 5.41) is 3.09. The van der Waals surface area contributed by atoms with Crippen molar-refractivity contribution in [1.82, 2.24) is 10.2 Å². The second-order valence-corrected chi connectivity index (χ2v) is 5.68. The molecule has 0 saturated heterocycles. The average Bonchev–Trinajstić information content (AvgIpc) is 2.44. The van der Waals surface area contributed by atoms with Crippen LogP contribution >= 0.6 is 0 Å². The zero-order valence-corrected chi connectivity index (χ0v) is 13.7. The highest BCUT2D eigenvalue weighted by molar-refractivity contribution is 5.81. The molecule has 1 amide bonds. The first-order chi connectivity index (χ1) is 9.97. The molecule has 0 aliphatic heterocycles. The van der Waals surface area contributed by atoms with Gasteiger partial charge in [0.25, 0.3) is 0 Å². The van der Waals surface area contributed by atoms with Gasteiger partial charge >= 0.3 is 0 Å². The van der Waals surface area contributed by atoms with E-state index in [9.17, 15) is 4.79 Å². The minimum Gasteiger partial charge on any atom is -0.399 e. The summed E-state index contributed by atoms with van der Waals surface area (Å²) in [5.74, 6) is 0.0988. The standard InChI is InChI=1S/C17H29N3O/c1-5-8-13(3)19-17(21)14(4)20(6-2)12-15-9-7-10-16(18)11-15/h7,9-11,13-14H,5-6,8,12,18H2,1-4H3,(H,19,21). The third kappa shape index (κ3) is 5.76. The molecule has 4 heteroatoms. The van der Waals surface area contributed by atoms with Gasteiger partial charge in [0.1, 0.15) is 0 Å². The Bertz CT molecular complexity index is 447. The lowest BCUT2D eigenvalue weighted by molar-refractivity contribution is -0.126. The van der Waals surface area contributed by atoms with E-state index in [4.69, 9.17) is 5.73 Å². The van der Waals surface area contributed by atoms with Crippen LogP contribution in [0.1, 0.15) is 46.1 Å². The van der Waals surface area contributed by atoms with Gasteiger partial charge in [-0.05, 0) is 44.5 Å². The molecule has 1 aromatic rings. The molecule has 0 aliphatic carbocycles. The third-order valence-electron chi connectivity index (χ3n) is 3.78. The molecule has 4 nitrogen and oxygen atoms in total. The number of hydrogen-bond donors (Lipinski definition) is 2. The number of nitrogens with one attached hydrogen (secondary N) is 1. The van der Waals surface area contributed by atoms with Gasteiger partial charge in [0.15, 0.2) is 0 Å². The van der Waals surface area contributed by atoms with Crippen molar-refractivity contribution < 1.29 is 4.79 Å². The van der Waals surface area contributed by atoms with Crippen molar-refractivity contribution in [2.75, 3.05) is 12.3 Å². The lowest BCUT2D eigenvalue weighted by Gasteiger charge is -2.28. The number of rotatable bonds is 8. The van der Waals surface area contributed by atoms with Crippen molar-refractivity contribution in [3.63, 3.8) is 0 Å². The largest absolute Gasteiger partial charge is 0.399 e. The zero-order chi connectivity index (χ0) is 15.8. The summed E-state index contributed by atoms with van der Waals surface area (Å²) in [6.07, 6.45) is 2.09. The van der Waals surface area contributed by atoms with E-state index in [-0.39, 0.29) is 18.0 Å². The fourth-order valence-corrected chi connectivity index (χ4v) is 2.48. The predicted octanol–water partition coefficient (Wildman–Crippen LogP) is 2.78. The quantitative estimate of drug-likeness (QED) is 0.724. The van der Waals surface area contributed by atoms with Gasteiger partial charge in [-0.1, -0.05) is 32.4 Å². The van der Waals surface area contributed by atoms with Crippen molar-refractivity contribution in [3.05, 3.63) is 29.8 Å². The summed E-state index contributed by atoms with van der Waals surface area (Å²) in [5.41, 5.74) is 7.71. The van der Waals surface area contributed by atoms with Gasteiger partial charge in [-0.2, -0.15) is 0 Å². The Morgan fingerprint density at radius 2 is 2.05 bits per heavy atom. The topological polar surface area (TPSA) is 58.4 Å². The summed E-state index contributed by atoms with van der Waals surface area (Å²) >= 11 is 0. The summed E-state index contributed by atoms with van der Waals surface area (Å²) in [4.78, 5) is 14.5. The highest BCUT2D eigenvalue weighted by Gasteiger charge is 2.21. The van der Waals surface area contributed by atoms with Crippen LogP contribution < -0.4 is 11.1 Å². The number of carbonyl (C=O) groups excluding carboxylic acids is 1. The molecule has 0 spiro atoms. The maximum absolute atomic E-state index is 12.3. The minimum atomic E-state index is -0.143. The molecule has 0 heterocycles. The minimum absolute atomic E-state index is 0.0988. The maximum Gasteiger partial charge on any atom is 0.237 e. The first kappa shape index (κ1) is 17.5. The molecule has 1 rings (SSSR count). The lowest BCUT2D eigenvalue weighted by Crippen LogP contribution is -2.47. The second kappa shape index (κ2) is 8.67. The second-order valence-electron chi connectivity index (χ2n) is 5.68. The van der Waals surface area contributed by atoms with Gasteiger partial charge in [-0.15, -0.1) is 0 Å². The number of nitrogens with two attached hydrogens (primary N) is 1. The molecule has 0 radical (unpaired) electrons. The van der Waals surface area contributed by atoms with Crippen LogP contribution in [0.5, 0.6) is 0 Å². The van der Waals surface area contributed by atoms with E-state index in [1.54, 1.807) is 0 Å². The van der Waals surface area contributed by atoms with Crippen molar-refractivity contribution in [2.45, 2.75) is 59.2 Å². The van der Waals surface area contributed by atoms with Crippen LogP contribution in [0.2, 0.25) is 0 Å². The first-order valence-electron chi connectivity index (χ1n) is 7.86. The molecule has 0 saturated carbocycles. The SMILES string of the molecule is CCCC(C)NC(=O)C(C)N(CC)Cc1cccc(N)c1.